The van der Waals surface area contributed by atoms with E-state index < -0.39 is 0 Å². The van der Waals surface area contributed by atoms with Gasteiger partial charge in [-0.25, -0.2) is 4.98 Å². The van der Waals surface area contributed by atoms with Crippen LogP contribution in [-0.2, 0) is 13.2 Å². The van der Waals surface area contributed by atoms with Gasteiger partial charge in [0.1, 0.15) is 12.4 Å². The Hall–Kier alpha value is -2.94. The van der Waals surface area contributed by atoms with Crippen molar-refractivity contribution in [3.05, 3.63) is 52.6 Å². The van der Waals surface area contributed by atoms with Gasteiger partial charge in [0.2, 0.25) is 0 Å². The van der Waals surface area contributed by atoms with Crippen molar-refractivity contribution in [2.24, 2.45) is 0 Å². The van der Waals surface area contributed by atoms with Crippen LogP contribution in [0.1, 0.15) is 27.6 Å². The molecule has 0 radical (unpaired) electrons. The Morgan fingerprint density at radius 1 is 1.46 bits per heavy atom. The predicted octanol–water partition coefficient (Wildman–Crippen LogP) is 1.93. The molecule has 24 heavy (non-hydrogen) atoms. The largest absolute Gasteiger partial charge is 0.484 e. The number of anilines is 1. The highest BCUT2D eigenvalue weighted by molar-refractivity contribution is 7.13. The number of aryl methyl sites for hydroxylation is 1. The molecule has 0 saturated heterocycles. The third kappa shape index (κ3) is 4.07. The summed E-state index contributed by atoms with van der Waals surface area (Å²) in [5, 5.41) is 8.68. The van der Waals surface area contributed by atoms with E-state index in [0.29, 0.717) is 22.3 Å². The zero-order valence-electron chi connectivity index (χ0n) is 12.9. The lowest BCUT2D eigenvalue weighted by molar-refractivity contribution is 0.0941. The first-order chi connectivity index (χ1) is 11.6. The van der Waals surface area contributed by atoms with Crippen LogP contribution in [0.2, 0.25) is 0 Å². The number of nitrogen functional groups attached to an aromatic ring is 1. The number of amides is 1. The first-order valence-electron chi connectivity index (χ1n) is 7.09. The number of carbonyl (C=O) groups is 1. The molecular formula is C15H15N5O3S. The SMILES string of the molecule is Cc1ccc(OCc2cc(C(=O)NCc3csc(N)n3)no2)cn1. The fourth-order valence-electron chi connectivity index (χ4n) is 1.85. The Balaban J connectivity index is 1.52. The average Bonchev–Trinajstić information content (AvgIpc) is 3.21. The number of carbonyl (C=O) groups excluding carboxylic acids is 1. The van der Waals surface area contributed by atoms with Gasteiger partial charge in [0.25, 0.3) is 5.91 Å². The Labute approximate surface area is 141 Å². The second-order valence-electron chi connectivity index (χ2n) is 4.96. The minimum Gasteiger partial charge on any atom is -0.484 e. The number of nitrogens with two attached hydrogens (primary N) is 1. The van der Waals surface area contributed by atoms with E-state index in [2.05, 4.69) is 20.4 Å². The summed E-state index contributed by atoms with van der Waals surface area (Å²) >= 11 is 1.32. The van der Waals surface area contributed by atoms with Crippen LogP contribution in [0.25, 0.3) is 0 Å². The standard InChI is InChI=1S/C15H15N5O3S/c1-9-2-3-11(6-17-9)22-7-12-4-13(20-23-12)14(21)18-5-10-8-24-15(16)19-10/h2-4,6,8H,5,7H2,1H3,(H2,16,19)(H,18,21). The van der Waals surface area contributed by atoms with Crippen molar-refractivity contribution in [3.8, 4) is 5.75 Å². The molecule has 0 aliphatic carbocycles. The van der Waals surface area contributed by atoms with Crippen LogP contribution < -0.4 is 15.8 Å². The Morgan fingerprint density at radius 2 is 2.33 bits per heavy atom. The molecule has 0 fully saturated rings. The van der Waals surface area contributed by atoms with E-state index in [1.807, 2.05) is 19.1 Å². The number of nitrogens with zero attached hydrogens (tertiary/aromatic N) is 3. The number of aromatic nitrogens is 3. The van der Waals surface area contributed by atoms with E-state index in [4.69, 9.17) is 15.0 Å². The summed E-state index contributed by atoms with van der Waals surface area (Å²) in [5.74, 6) is 0.705. The number of nitrogens with one attached hydrogen (secondary N) is 1. The molecule has 0 bridgehead atoms. The molecule has 0 aliphatic rings. The lowest BCUT2D eigenvalue weighted by Crippen LogP contribution is -2.23. The van der Waals surface area contributed by atoms with Gasteiger partial charge in [-0.05, 0) is 19.1 Å². The average molecular weight is 345 g/mol. The molecule has 3 rings (SSSR count). The van der Waals surface area contributed by atoms with Gasteiger partial charge in [-0.2, -0.15) is 0 Å². The van der Waals surface area contributed by atoms with Crippen molar-refractivity contribution in [1.29, 1.82) is 0 Å². The van der Waals surface area contributed by atoms with E-state index in [-0.39, 0.29) is 24.8 Å². The highest BCUT2D eigenvalue weighted by Crippen LogP contribution is 2.13. The molecule has 124 valence electrons. The lowest BCUT2D eigenvalue weighted by Gasteiger charge is -2.02. The van der Waals surface area contributed by atoms with E-state index in [9.17, 15) is 4.79 Å². The van der Waals surface area contributed by atoms with Crippen molar-refractivity contribution in [2.45, 2.75) is 20.1 Å². The molecule has 3 heterocycles. The molecule has 0 saturated carbocycles. The molecule has 3 aromatic rings. The summed E-state index contributed by atoms with van der Waals surface area (Å²) in [7, 11) is 0. The first-order valence-corrected chi connectivity index (χ1v) is 7.97. The highest BCUT2D eigenvalue weighted by atomic mass is 32.1. The van der Waals surface area contributed by atoms with Gasteiger partial charge < -0.3 is 20.3 Å². The van der Waals surface area contributed by atoms with Gasteiger partial charge in [-0.3, -0.25) is 9.78 Å². The summed E-state index contributed by atoms with van der Waals surface area (Å²) in [6.07, 6.45) is 1.62. The summed E-state index contributed by atoms with van der Waals surface area (Å²) in [6, 6.07) is 5.19. The molecule has 0 aromatic carbocycles. The molecule has 3 N–H and O–H groups in total. The first kappa shape index (κ1) is 15.9. The zero-order chi connectivity index (χ0) is 16.9. The summed E-state index contributed by atoms with van der Waals surface area (Å²) in [4.78, 5) is 20.2. The molecule has 0 spiro atoms. The molecule has 0 atom stereocenters. The Bertz CT molecular complexity index is 828. The van der Waals surface area contributed by atoms with Crippen LogP contribution in [0.3, 0.4) is 0 Å². The Kier molecular flexibility index (Phi) is 4.71. The number of pyridine rings is 1. The maximum Gasteiger partial charge on any atom is 0.273 e. The fraction of sp³-hybridized carbons (Fsp3) is 0.200. The fourth-order valence-corrected chi connectivity index (χ4v) is 2.41. The van der Waals surface area contributed by atoms with Gasteiger partial charge in [0, 0.05) is 17.1 Å². The predicted molar refractivity (Wildman–Crippen MR) is 87.5 cm³/mol. The quantitative estimate of drug-likeness (QED) is 0.701. The second kappa shape index (κ2) is 7.09. The van der Waals surface area contributed by atoms with E-state index in [1.54, 1.807) is 11.6 Å². The maximum atomic E-state index is 12.0. The van der Waals surface area contributed by atoms with Crippen LogP contribution in [0.15, 0.2) is 34.3 Å². The summed E-state index contributed by atoms with van der Waals surface area (Å²) in [5.41, 5.74) is 7.32. The number of rotatable bonds is 6. The topological polar surface area (TPSA) is 116 Å². The molecule has 9 heteroatoms. The third-order valence-corrected chi connectivity index (χ3v) is 3.78. The highest BCUT2D eigenvalue weighted by Gasteiger charge is 2.13. The van der Waals surface area contributed by atoms with Gasteiger partial charge in [0.15, 0.2) is 16.6 Å². The van der Waals surface area contributed by atoms with Crippen molar-refractivity contribution >= 4 is 22.4 Å². The minimum atomic E-state index is -0.353. The van der Waals surface area contributed by atoms with Crippen LogP contribution in [0.4, 0.5) is 5.13 Å². The van der Waals surface area contributed by atoms with Crippen LogP contribution in [0.5, 0.6) is 5.75 Å². The molecule has 8 nitrogen and oxygen atoms in total. The van der Waals surface area contributed by atoms with Gasteiger partial charge >= 0.3 is 0 Å². The van der Waals surface area contributed by atoms with Crippen molar-refractivity contribution in [3.63, 3.8) is 0 Å². The second-order valence-corrected chi connectivity index (χ2v) is 5.85. The number of thiazole rings is 1. The third-order valence-electron chi connectivity index (χ3n) is 3.06. The molecule has 0 aliphatic heterocycles. The number of hydrogen-bond acceptors (Lipinski definition) is 8. The van der Waals surface area contributed by atoms with Gasteiger partial charge in [0.05, 0.1) is 18.4 Å². The van der Waals surface area contributed by atoms with Gasteiger partial charge in [-0.15, -0.1) is 11.3 Å². The van der Waals surface area contributed by atoms with E-state index in [1.165, 1.54) is 17.4 Å². The Morgan fingerprint density at radius 3 is 3.04 bits per heavy atom. The maximum absolute atomic E-state index is 12.0. The van der Waals surface area contributed by atoms with E-state index in [0.717, 1.165) is 5.69 Å². The smallest absolute Gasteiger partial charge is 0.273 e. The lowest BCUT2D eigenvalue weighted by atomic mass is 10.3. The molecule has 0 unspecified atom stereocenters. The number of hydrogen-bond donors (Lipinski definition) is 2. The van der Waals surface area contributed by atoms with Crippen LogP contribution in [-0.4, -0.2) is 21.0 Å². The van der Waals surface area contributed by atoms with Crippen LogP contribution in [0, 0.1) is 6.92 Å². The van der Waals surface area contributed by atoms with E-state index >= 15 is 0 Å². The number of ether oxygens (including phenoxy) is 1. The molecular weight excluding hydrogens is 330 g/mol. The minimum absolute atomic E-state index is 0.160. The summed E-state index contributed by atoms with van der Waals surface area (Å²) < 4.78 is 10.6. The van der Waals surface area contributed by atoms with Crippen molar-refractivity contribution < 1.29 is 14.1 Å². The molecule has 3 aromatic heterocycles. The molecule has 1 amide bonds. The normalized spacial score (nSPS) is 10.5. The monoisotopic (exact) mass is 345 g/mol. The zero-order valence-corrected chi connectivity index (χ0v) is 13.7. The van der Waals surface area contributed by atoms with Crippen LogP contribution >= 0.6 is 11.3 Å². The van der Waals surface area contributed by atoms with Crippen molar-refractivity contribution in [1.82, 2.24) is 20.4 Å². The van der Waals surface area contributed by atoms with Crippen molar-refractivity contribution in [2.75, 3.05) is 5.73 Å². The van der Waals surface area contributed by atoms with Gasteiger partial charge in [-0.1, -0.05) is 5.16 Å². The summed E-state index contributed by atoms with van der Waals surface area (Å²) in [6.45, 7) is 2.33.